The lowest BCUT2D eigenvalue weighted by Crippen LogP contribution is -2.44. The SMILES string of the molecule is Cc1ccc(F)c(CNC(=O)N2CCC(c3ccncc3)CC2)c1F. The molecule has 0 unspecified atom stereocenters. The van der Waals surface area contributed by atoms with Gasteiger partial charge < -0.3 is 10.2 Å². The monoisotopic (exact) mass is 345 g/mol. The van der Waals surface area contributed by atoms with Crippen molar-refractivity contribution < 1.29 is 13.6 Å². The average Bonchev–Trinajstić information content (AvgIpc) is 2.65. The van der Waals surface area contributed by atoms with Gasteiger partial charge in [-0.1, -0.05) is 6.07 Å². The fraction of sp³-hybridized carbons (Fsp3) is 0.368. The van der Waals surface area contributed by atoms with Crippen LogP contribution in [0.2, 0.25) is 0 Å². The summed E-state index contributed by atoms with van der Waals surface area (Å²) in [6.45, 7) is 2.67. The Balaban J connectivity index is 1.54. The van der Waals surface area contributed by atoms with Crippen molar-refractivity contribution in [3.63, 3.8) is 0 Å². The van der Waals surface area contributed by atoms with Crippen molar-refractivity contribution in [3.8, 4) is 0 Å². The topological polar surface area (TPSA) is 45.2 Å². The highest BCUT2D eigenvalue weighted by Crippen LogP contribution is 2.27. The van der Waals surface area contributed by atoms with Crippen molar-refractivity contribution in [2.24, 2.45) is 0 Å². The molecule has 0 spiro atoms. The van der Waals surface area contributed by atoms with Gasteiger partial charge in [0.15, 0.2) is 0 Å². The van der Waals surface area contributed by atoms with E-state index in [0.717, 1.165) is 12.8 Å². The van der Waals surface area contributed by atoms with Gasteiger partial charge in [0.05, 0.1) is 6.54 Å². The fourth-order valence-corrected chi connectivity index (χ4v) is 3.20. The summed E-state index contributed by atoms with van der Waals surface area (Å²) in [5, 5.41) is 2.63. The summed E-state index contributed by atoms with van der Waals surface area (Å²) in [4.78, 5) is 18.0. The second-order valence-corrected chi connectivity index (χ2v) is 6.36. The Labute approximate surface area is 145 Å². The number of benzene rings is 1. The number of piperidine rings is 1. The Morgan fingerprint density at radius 2 is 1.88 bits per heavy atom. The van der Waals surface area contributed by atoms with Gasteiger partial charge in [0, 0.05) is 31.0 Å². The minimum Gasteiger partial charge on any atom is -0.334 e. The summed E-state index contributed by atoms with van der Waals surface area (Å²) in [5.41, 5.74) is 1.50. The summed E-state index contributed by atoms with van der Waals surface area (Å²) in [5.74, 6) is -0.824. The van der Waals surface area contributed by atoms with Gasteiger partial charge in [-0.15, -0.1) is 0 Å². The van der Waals surface area contributed by atoms with Gasteiger partial charge in [-0.25, -0.2) is 13.6 Å². The number of aryl methyl sites for hydroxylation is 1. The molecule has 2 heterocycles. The first-order valence-electron chi connectivity index (χ1n) is 8.42. The third kappa shape index (κ3) is 3.95. The highest BCUT2D eigenvalue weighted by atomic mass is 19.1. The van der Waals surface area contributed by atoms with Crippen LogP contribution in [-0.2, 0) is 6.54 Å². The quantitative estimate of drug-likeness (QED) is 0.921. The lowest BCUT2D eigenvalue weighted by molar-refractivity contribution is 0.180. The Morgan fingerprint density at radius 1 is 1.20 bits per heavy atom. The van der Waals surface area contributed by atoms with Gasteiger partial charge in [-0.05, 0) is 55.0 Å². The molecule has 1 N–H and O–H groups in total. The highest BCUT2D eigenvalue weighted by Gasteiger charge is 2.24. The smallest absolute Gasteiger partial charge is 0.317 e. The minimum atomic E-state index is -0.639. The normalized spacial score (nSPS) is 15.2. The number of urea groups is 1. The van der Waals surface area contributed by atoms with Gasteiger partial charge >= 0.3 is 6.03 Å². The van der Waals surface area contributed by atoms with Crippen molar-refractivity contribution in [2.75, 3.05) is 13.1 Å². The fourth-order valence-electron chi connectivity index (χ4n) is 3.20. The molecule has 1 aromatic heterocycles. The van der Waals surface area contributed by atoms with Crippen molar-refractivity contribution in [3.05, 3.63) is 65.0 Å². The number of aromatic nitrogens is 1. The molecule has 3 rings (SSSR count). The molecule has 0 aliphatic carbocycles. The number of rotatable bonds is 3. The molecular weight excluding hydrogens is 324 g/mol. The summed E-state index contributed by atoms with van der Waals surface area (Å²) in [6, 6.07) is 6.33. The Kier molecular flexibility index (Phi) is 5.26. The van der Waals surface area contributed by atoms with Crippen LogP contribution in [0.15, 0.2) is 36.7 Å². The number of nitrogens with zero attached hydrogens (tertiary/aromatic N) is 2. The second kappa shape index (κ2) is 7.59. The zero-order chi connectivity index (χ0) is 17.8. The molecule has 0 atom stereocenters. The van der Waals surface area contributed by atoms with Crippen LogP contribution in [0.3, 0.4) is 0 Å². The first-order valence-corrected chi connectivity index (χ1v) is 8.42. The van der Waals surface area contributed by atoms with Crippen molar-refractivity contribution >= 4 is 6.03 Å². The number of hydrogen-bond donors (Lipinski definition) is 1. The van der Waals surface area contributed by atoms with Gasteiger partial charge in [0.1, 0.15) is 11.6 Å². The van der Waals surface area contributed by atoms with E-state index in [2.05, 4.69) is 10.3 Å². The molecule has 132 valence electrons. The Hall–Kier alpha value is -2.50. The number of halogens is 2. The zero-order valence-corrected chi connectivity index (χ0v) is 14.1. The number of pyridine rings is 1. The van der Waals surface area contributed by atoms with Crippen LogP contribution in [0, 0.1) is 18.6 Å². The summed E-state index contributed by atoms with van der Waals surface area (Å²) >= 11 is 0. The molecule has 0 saturated carbocycles. The molecule has 1 aliphatic heterocycles. The maximum atomic E-state index is 14.0. The number of nitrogens with one attached hydrogen (secondary N) is 1. The van der Waals surface area contributed by atoms with Gasteiger partial charge in [0.2, 0.25) is 0 Å². The molecule has 0 bridgehead atoms. The predicted molar refractivity (Wildman–Crippen MR) is 91.1 cm³/mol. The van der Waals surface area contributed by atoms with E-state index in [1.165, 1.54) is 17.7 Å². The van der Waals surface area contributed by atoms with Crippen LogP contribution in [0.5, 0.6) is 0 Å². The Morgan fingerprint density at radius 3 is 2.56 bits per heavy atom. The average molecular weight is 345 g/mol. The molecule has 0 radical (unpaired) electrons. The van der Waals surface area contributed by atoms with Crippen LogP contribution in [0.25, 0.3) is 0 Å². The lowest BCUT2D eigenvalue weighted by atomic mass is 9.90. The number of amides is 2. The van der Waals surface area contributed by atoms with Crippen molar-refractivity contribution in [2.45, 2.75) is 32.2 Å². The summed E-state index contributed by atoms with van der Waals surface area (Å²) < 4.78 is 27.7. The maximum absolute atomic E-state index is 14.0. The summed E-state index contributed by atoms with van der Waals surface area (Å²) in [6.07, 6.45) is 5.29. The molecule has 1 saturated heterocycles. The molecule has 4 nitrogen and oxygen atoms in total. The van der Waals surface area contributed by atoms with E-state index in [1.54, 1.807) is 24.2 Å². The third-order valence-electron chi connectivity index (χ3n) is 4.76. The van der Waals surface area contributed by atoms with E-state index >= 15 is 0 Å². The first kappa shape index (κ1) is 17.3. The van der Waals surface area contributed by atoms with Crippen LogP contribution in [0.1, 0.15) is 35.4 Å². The predicted octanol–water partition coefficient (Wildman–Crippen LogP) is 3.76. The molecule has 2 aromatic rings. The molecule has 25 heavy (non-hydrogen) atoms. The number of carbonyl (C=O) groups excluding carboxylic acids is 1. The maximum Gasteiger partial charge on any atom is 0.317 e. The van der Waals surface area contributed by atoms with E-state index in [4.69, 9.17) is 0 Å². The van der Waals surface area contributed by atoms with Gasteiger partial charge in [0.25, 0.3) is 0 Å². The minimum absolute atomic E-state index is 0.0972. The third-order valence-corrected chi connectivity index (χ3v) is 4.76. The van der Waals surface area contributed by atoms with Crippen LogP contribution in [0.4, 0.5) is 13.6 Å². The van der Waals surface area contributed by atoms with Crippen molar-refractivity contribution in [1.29, 1.82) is 0 Å². The molecule has 1 aliphatic rings. The zero-order valence-electron chi connectivity index (χ0n) is 14.1. The number of hydrogen-bond acceptors (Lipinski definition) is 2. The Bertz CT molecular complexity index is 744. The van der Waals surface area contributed by atoms with Crippen molar-refractivity contribution in [1.82, 2.24) is 15.2 Å². The first-order chi connectivity index (χ1) is 12.1. The van der Waals surface area contributed by atoms with Gasteiger partial charge in [-0.2, -0.15) is 0 Å². The second-order valence-electron chi connectivity index (χ2n) is 6.36. The lowest BCUT2D eigenvalue weighted by Gasteiger charge is -2.32. The van der Waals surface area contributed by atoms with Gasteiger partial charge in [-0.3, -0.25) is 4.98 Å². The molecule has 1 fully saturated rings. The molecule has 6 heteroatoms. The molecule has 1 aromatic carbocycles. The van der Waals surface area contributed by atoms with E-state index in [1.807, 2.05) is 12.1 Å². The van der Waals surface area contributed by atoms with Crippen LogP contribution < -0.4 is 5.32 Å². The highest BCUT2D eigenvalue weighted by molar-refractivity contribution is 5.74. The largest absolute Gasteiger partial charge is 0.334 e. The van der Waals surface area contributed by atoms with Crippen LogP contribution in [-0.4, -0.2) is 29.0 Å². The van der Waals surface area contributed by atoms with Crippen LogP contribution >= 0.6 is 0 Å². The summed E-state index contributed by atoms with van der Waals surface area (Å²) in [7, 11) is 0. The van der Waals surface area contributed by atoms with E-state index in [-0.39, 0.29) is 18.1 Å². The number of likely N-dealkylation sites (tertiary alicyclic amines) is 1. The number of carbonyl (C=O) groups is 1. The van der Waals surface area contributed by atoms with E-state index in [9.17, 15) is 13.6 Å². The molecular formula is C19H21F2N3O. The van der Waals surface area contributed by atoms with E-state index < -0.39 is 11.6 Å². The van der Waals surface area contributed by atoms with E-state index in [0.29, 0.717) is 24.6 Å². The standard InChI is InChI=1S/C19H21F2N3O/c1-13-2-3-17(20)16(18(13)21)12-23-19(25)24-10-6-15(7-11-24)14-4-8-22-9-5-14/h2-5,8-9,15H,6-7,10-12H2,1H3,(H,23,25). The molecule has 2 amide bonds.